The number of anilines is 1. The zero-order chi connectivity index (χ0) is 21.5. The highest BCUT2D eigenvalue weighted by Crippen LogP contribution is 2.34. The Bertz CT molecular complexity index is 1240. The van der Waals surface area contributed by atoms with E-state index in [0.717, 1.165) is 67.1 Å². The molecule has 8 nitrogen and oxygen atoms in total. The zero-order valence-corrected chi connectivity index (χ0v) is 17.8. The van der Waals surface area contributed by atoms with Crippen LogP contribution in [0.1, 0.15) is 25.7 Å². The molecule has 4 aromatic heterocycles. The molecule has 2 fully saturated rings. The van der Waals surface area contributed by atoms with Crippen molar-refractivity contribution in [3.05, 3.63) is 43.0 Å². The highest BCUT2D eigenvalue weighted by Gasteiger charge is 2.27. The first-order chi connectivity index (χ1) is 15.8. The van der Waals surface area contributed by atoms with E-state index in [1.54, 1.807) is 12.5 Å². The highest BCUT2D eigenvalue weighted by molar-refractivity contribution is 6.00. The van der Waals surface area contributed by atoms with E-state index in [-0.39, 0.29) is 5.95 Å². The lowest BCUT2D eigenvalue weighted by Crippen LogP contribution is -2.46. The fraction of sp³-hybridized carbons (Fsp3) is 0.435. The topological polar surface area (TPSA) is 83.4 Å². The second-order valence-electron chi connectivity index (χ2n) is 8.67. The number of morpholine rings is 1. The van der Waals surface area contributed by atoms with E-state index in [4.69, 9.17) is 4.74 Å². The molecular weight excluding hydrogens is 409 g/mol. The molecule has 0 spiro atoms. The number of hydrogen-bond acceptors (Lipinski definition) is 6. The molecule has 166 valence electrons. The number of hydrogen-bond donors (Lipinski definition) is 2. The van der Waals surface area contributed by atoms with Gasteiger partial charge in [-0.1, -0.05) is 0 Å². The highest BCUT2D eigenvalue weighted by atomic mass is 19.1. The maximum Gasteiger partial charge on any atom is 0.217 e. The number of H-pyrrole nitrogens is 1. The third kappa shape index (κ3) is 3.51. The van der Waals surface area contributed by atoms with Gasteiger partial charge in [0, 0.05) is 48.7 Å². The Morgan fingerprint density at radius 1 is 1.06 bits per heavy atom. The maximum absolute atomic E-state index is 14.1. The van der Waals surface area contributed by atoms with Crippen LogP contribution in [0.4, 0.5) is 10.2 Å². The van der Waals surface area contributed by atoms with Crippen molar-refractivity contribution >= 4 is 22.5 Å². The summed E-state index contributed by atoms with van der Waals surface area (Å²) < 4.78 is 21.0. The van der Waals surface area contributed by atoms with E-state index >= 15 is 0 Å². The number of nitrogens with one attached hydrogen (secondary N) is 2. The van der Waals surface area contributed by atoms with Gasteiger partial charge in [-0.2, -0.15) is 4.39 Å². The van der Waals surface area contributed by atoms with Crippen LogP contribution in [0.3, 0.4) is 0 Å². The van der Waals surface area contributed by atoms with Gasteiger partial charge in [0.1, 0.15) is 23.4 Å². The van der Waals surface area contributed by atoms with E-state index in [1.807, 2.05) is 18.3 Å². The van der Waals surface area contributed by atoms with Gasteiger partial charge in [0.2, 0.25) is 5.95 Å². The fourth-order valence-corrected chi connectivity index (χ4v) is 5.13. The first-order valence-corrected chi connectivity index (χ1v) is 11.3. The molecule has 2 aliphatic rings. The van der Waals surface area contributed by atoms with E-state index in [1.165, 1.54) is 23.4 Å². The van der Waals surface area contributed by atoms with Crippen LogP contribution in [-0.2, 0) is 4.74 Å². The summed E-state index contributed by atoms with van der Waals surface area (Å²) in [6.45, 7) is 3.79. The minimum absolute atomic E-state index is 0.377. The van der Waals surface area contributed by atoms with Gasteiger partial charge < -0.3 is 15.0 Å². The minimum atomic E-state index is -0.381. The number of halogens is 1. The maximum atomic E-state index is 14.1. The van der Waals surface area contributed by atoms with Gasteiger partial charge in [0.25, 0.3) is 0 Å². The monoisotopic (exact) mass is 435 g/mol. The van der Waals surface area contributed by atoms with Crippen molar-refractivity contribution in [1.29, 1.82) is 0 Å². The second-order valence-corrected chi connectivity index (χ2v) is 8.67. The number of pyridine rings is 1. The number of nitrogens with zero attached hydrogens (tertiary/aromatic N) is 5. The summed E-state index contributed by atoms with van der Waals surface area (Å²) in [6, 6.07) is 4.80. The van der Waals surface area contributed by atoms with Crippen LogP contribution in [0.15, 0.2) is 37.1 Å². The number of aromatic nitrogens is 5. The van der Waals surface area contributed by atoms with Gasteiger partial charge in [-0.25, -0.2) is 15.0 Å². The smallest absolute Gasteiger partial charge is 0.217 e. The molecule has 1 saturated heterocycles. The predicted molar refractivity (Wildman–Crippen MR) is 120 cm³/mol. The van der Waals surface area contributed by atoms with Crippen LogP contribution in [0.2, 0.25) is 0 Å². The lowest BCUT2D eigenvalue weighted by atomic mass is 9.90. The van der Waals surface area contributed by atoms with Gasteiger partial charge in [-0.3, -0.25) is 9.30 Å². The van der Waals surface area contributed by atoms with Crippen LogP contribution < -0.4 is 5.32 Å². The third-order valence-electron chi connectivity index (χ3n) is 6.84. The Balaban J connectivity index is 1.25. The number of aromatic amines is 1. The molecule has 0 amide bonds. The largest absolute Gasteiger partial charge is 0.379 e. The van der Waals surface area contributed by atoms with Gasteiger partial charge >= 0.3 is 0 Å². The summed E-state index contributed by atoms with van der Waals surface area (Å²) in [5.74, 6) is 0.445. The summed E-state index contributed by atoms with van der Waals surface area (Å²) in [5.41, 5.74) is 3.18. The van der Waals surface area contributed by atoms with Crippen LogP contribution in [0.5, 0.6) is 0 Å². The van der Waals surface area contributed by atoms with Crippen LogP contribution in [-0.4, -0.2) is 67.6 Å². The van der Waals surface area contributed by atoms with Crippen molar-refractivity contribution in [3.8, 4) is 11.1 Å². The molecular formula is C23H26FN7O. The van der Waals surface area contributed by atoms with Gasteiger partial charge in [0.15, 0.2) is 0 Å². The molecule has 0 radical (unpaired) electrons. The van der Waals surface area contributed by atoms with Crippen molar-refractivity contribution < 1.29 is 9.13 Å². The molecule has 4 aromatic rings. The molecule has 0 unspecified atom stereocenters. The molecule has 32 heavy (non-hydrogen) atoms. The van der Waals surface area contributed by atoms with Crippen LogP contribution >= 0.6 is 0 Å². The normalized spacial score (nSPS) is 22.5. The lowest BCUT2D eigenvalue weighted by molar-refractivity contribution is 0.00791. The first kappa shape index (κ1) is 19.6. The number of imidazole rings is 1. The Labute approximate surface area is 184 Å². The Kier molecular flexibility index (Phi) is 4.99. The van der Waals surface area contributed by atoms with E-state index in [9.17, 15) is 4.39 Å². The fourth-order valence-electron chi connectivity index (χ4n) is 5.13. The summed E-state index contributed by atoms with van der Waals surface area (Å²) in [5, 5.41) is 4.61. The number of ether oxygens (including phenoxy) is 1. The van der Waals surface area contributed by atoms with Gasteiger partial charge in [-0.05, 0) is 37.8 Å². The van der Waals surface area contributed by atoms with E-state index < -0.39 is 0 Å². The molecule has 1 aliphatic carbocycles. The number of rotatable bonds is 4. The minimum Gasteiger partial charge on any atom is -0.379 e. The molecule has 0 atom stereocenters. The first-order valence-electron chi connectivity index (χ1n) is 11.3. The quantitative estimate of drug-likeness (QED) is 0.511. The van der Waals surface area contributed by atoms with Crippen molar-refractivity contribution in [1.82, 2.24) is 29.2 Å². The third-order valence-corrected chi connectivity index (χ3v) is 6.84. The standard InChI is InChI=1S/C23H26FN7O/c24-19-12-25-20-6-1-15(13-31(19)20)18-11-26-22-21(18)23(28-14-27-22)29-16-2-4-17(5-3-16)30-7-9-32-10-8-30/h1,6,11-14,16-17H,2-5,7-10H2,(H2,26,27,28,29)/t16-,17-. The molecule has 0 bridgehead atoms. The van der Waals surface area contributed by atoms with Crippen molar-refractivity contribution in [2.45, 2.75) is 37.8 Å². The van der Waals surface area contributed by atoms with Crippen molar-refractivity contribution in [2.24, 2.45) is 0 Å². The summed E-state index contributed by atoms with van der Waals surface area (Å²) in [6.07, 6.45) is 11.1. The summed E-state index contributed by atoms with van der Waals surface area (Å²) >= 11 is 0. The molecule has 1 saturated carbocycles. The summed E-state index contributed by atoms with van der Waals surface area (Å²) in [7, 11) is 0. The Morgan fingerprint density at radius 2 is 1.91 bits per heavy atom. The van der Waals surface area contributed by atoms with Crippen LogP contribution in [0.25, 0.3) is 27.8 Å². The van der Waals surface area contributed by atoms with E-state index in [2.05, 4.69) is 30.2 Å². The Morgan fingerprint density at radius 3 is 2.75 bits per heavy atom. The van der Waals surface area contributed by atoms with Gasteiger partial charge in [-0.15, -0.1) is 0 Å². The summed E-state index contributed by atoms with van der Waals surface area (Å²) in [4.78, 5) is 18.9. The molecule has 9 heteroatoms. The second kappa shape index (κ2) is 8.14. The van der Waals surface area contributed by atoms with Gasteiger partial charge in [0.05, 0.1) is 24.8 Å². The van der Waals surface area contributed by atoms with Crippen molar-refractivity contribution in [3.63, 3.8) is 0 Å². The lowest BCUT2D eigenvalue weighted by Gasteiger charge is -2.39. The van der Waals surface area contributed by atoms with Crippen LogP contribution in [0, 0.1) is 5.95 Å². The SMILES string of the molecule is Fc1cnc2ccc(-c3c[nH]c4ncnc(N[C@H]5CC[C@H](N6CCOCC6)CC5)c34)cn12. The zero-order valence-electron chi connectivity index (χ0n) is 17.8. The average Bonchev–Trinajstić information content (AvgIpc) is 3.44. The molecule has 6 rings (SSSR count). The molecule has 1 aliphatic heterocycles. The molecule has 2 N–H and O–H groups in total. The number of fused-ring (bicyclic) bond motifs is 2. The molecule has 0 aromatic carbocycles. The average molecular weight is 436 g/mol. The van der Waals surface area contributed by atoms with E-state index in [0.29, 0.717) is 17.7 Å². The molecule has 5 heterocycles. The predicted octanol–water partition coefficient (Wildman–Crippen LogP) is 3.47. The Hall–Kier alpha value is -3.04. The van der Waals surface area contributed by atoms with Crippen molar-refractivity contribution in [2.75, 3.05) is 31.6 Å².